The average molecular weight is 384 g/mol. The van der Waals surface area contributed by atoms with Gasteiger partial charge in [0.1, 0.15) is 17.5 Å². The van der Waals surface area contributed by atoms with Gasteiger partial charge in [-0.1, -0.05) is 0 Å². The van der Waals surface area contributed by atoms with Crippen molar-refractivity contribution in [3.63, 3.8) is 0 Å². The molecule has 1 N–H and O–H groups in total. The number of rotatable bonds is 6. The van der Waals surface area contributed by atoms with Crippen molar-refractivity contribution in [1.29, 1.82) is 0 Å². The molecule has 0 aromatic carbocycles. The average Bonchev–Trinajstić information content (AvgIpc) is 2.75. The molecule has 0 atom stereocenters. The topological polar surface area (TPSA) is 82.5 Å². The van der Waals surface area contributed by atoms with E-state index in [9.17, 15) is 0 Å². The minimum absolute atomic E-state index is 0.792. The maximum Gasteiger partial charge on any atom is 0.225 e. The first-order chi connectivity index (χ1) is 13.8. The fraction of sp³-hybridized carbons (Fsp3) is 0.579. The summed E-state index contributed by atoms with van der Waals surface area (Å²) in [5, 5.41) is 3.46. The van der Waals surface area contributed by atoms with Crippen LogP contribution in [-0.2, 0) is 4.74 Å². The summed E-state index contributed by atoms with van der Waals surface area (Å²) in [6, 6.07) is 3.90. The summed E-state index contributed by atoms with van der Waals surface area (Å²) in [6.45, 7) is 11.0. The van der Waals surface area contributed by atoms with E-state index in [0.717, 1.165) is 89.0 Å². The standard InChI is InChI=1S/C19H28N8O/c1-16-23-17(20-5-6-25-11-13-28-14-12-25)15-18(24-16)26-7-9-27(10-8-26)19-21-3-2-4-22-19/h2-4,15H,5-14H2,1H3,(H,20,23,24). The molecular weight excluding hydrogens is 356 g/mol. The van der Waals surface area contributed by atoms with E-state index in [1.807, 2.05) is 13.0 Å². The fourth-order valence-corrected chi connectivity index (χ4v) is 3.56. The third-order valence-electron chi connectivity index (χ3n) is 5.10. The van der Waals surface area contributed by atoms with E-state index in [2.05, 4.69) is 46.0 Å². The molecule has 0 spiro atoms. The van der Waals surface area contributed by atoms with E-state index in [0.29, 0.717) is 0 Å². The molecule has 0 aliphatic carbocycles. The molecule has 0 amide bonds. The number of hydrogen-bond donors (Lipinski definition) is 1. The smallest absolute Gasteiger partial charge is 0.225 e. The highest BCUT2D eigenvalue weighted by atomic mass is 16.5. The van der Waals surface area contributed by atoms with Crippen LogP contribution in [0, 0.1) is 6.92 Å². The minimum Gasteiger partial charge on any atom is -0.379 e. The van der Waals surface area contributed by atoms with Crippen LogP contribution in [0.4, 0.5) is 17.6 Å². The van der Waals surface area contributed by atoms with Crippen LogP contribution in [0.25, 0.3) is 0 Å². The van der Waals surface area contributed by atoms with Crippen LogP contribution in [0.2, 0.25) is 0 Å². The predicted molar refractivity (Wildman–Crippen MR) is 109 cm³/mol. The molecule has 0 radical (unpaired) electrons. The Morgan fingerprint density at radius 3 is 2.43 bits per heavy atom. The maximum atomic E-state index is 5.40. The van der Waals surface area contributed by atoms with Gasteiger partial charge in [0, 0.05) is 70.8 Å². The van der Waals surface area contributed by atoms with Crippen molar-refractivity contribution in [3.05, 3.63) is 30.4 Å². The van der Waals surface area contributed by atoms with E-state index in [4.69, 9.17) is 4.74 Å². The molecule has 4 rings (SSSR count). The second-order valence-corrected chi connectivity index (χ2v) is 7.06. The van der Waals surface area contributed by atoms with Crippen LogP contribution in [0.5, 0.6) is 0 Å². The molecule has 2 aromatic rings. The first kappa shape index (κ1) is 18.8. The molecule has 0 unspecified atom stereocenters. The molecule has 2 fully saturated rings. The summed E-state index contributed by atoms with van der Waals surface area (Å²) < 4.78 is 5.40. The number of aromatic nitrogens is 4. The Morgan fingerprint density at radius 1 is 0.964 bits per heavy atom. The molecule has 150 valence electrons. The van der Waals surface area contributed by atoms with Crippen LogP contribution < -0.4 is 15.1 Å². The highest BCUT2D eigenvalue weighted by Gasteiger charge is 2.20. The monoisotopic (exact) mass is 384 g/mol. The Morgan fingerprint density at radius 2 is 1.68 bits per heavy atom. The minimum atomic E-state index is 0.792. The van der Waals surface area contributed by atoms with Gasteiger partial charge in [-0.05, 0) is 13.0 Å². The van der Waals surface area contributed by atoms with Gasteiger partial charge in [0.2, 0.25) is 5.95 Å². The Kier molecular flexibility index (Phi) is 6.13. The van der Waals surface area contributed by atoms with E-state index in [-0.39, 0.29) is 0 Å². The Hall–Kier alpha value is -2.52. The lowest BCUT2D eigenvalue weighted by Crippen LogP contribution is -2.47. The van der Waals surface area contributed by atoms with Crippen LogP contribution in [0.1, 0.15) is 5.82 Å². The number of hydrogen-bond acceptors (Lipinski definition) is 9. The van der Waals surface area contributed by atoms with Crippen LogP contribution in [0.15, 0.2) is 24.5 Å². The van der Waals surface area contributed by atoms with Crippen molar-refractivity contribution < 1.29 is 4.74 Å². The molecule has 2 saturated heterocycles. The van der Waals surface area contributed by atoms with Crippen molar-refractivity contribution >= 4 is 17.6 Å². The molecule has 4 heterocycles. The number of nitrogens with one attached hydrogen (secondary N) is 1. The van der Waals surface area contributed by atoms with Gasteiger partial charge in [0.05, 0.1) is 13.2 Å². The fourth-order valence-electron chi connectivity index (χ4n) is 3.56. The van der Waals surface area contributed by atoms with Crippen molar-refractivity contribution in [3.8, 4) is 0 Å². The normalized spacial score (nSPS) is 18.3. The Balaban J connectivity index is 1.32. The summed E-state index contributed by atoms with van der Waals surface area (Å²) in [5.74, 6) is 3.46. The SMILES string of the molecule is Cc1nc(NCCN2CCOCC2)cc(N2CCN(c3ncccn3)CC2)n1. The molecule has 28 heavy (non-hydrogen) atoms. The number of piperazine rings is 1. The third-order valence-corrected chi connectivity index (χ3v) is 5.10. The lowest BCUT2D eigenvalue weighted by Gasteiger charge is -2.35. The molecule has 0 saturated carbocycles. The van der Waals surface area contributed by atoms with Crippen molar-refractivity contribution in [2.24, 2.45) is 0 Å². The Labute approximate surface area is 165 Å². The second kappa shape index (κ2) is 9.11. The van der Waals surface area contributed by atoms with Gasteiger partial charge in [-0.15, -0.1) is 0 Å². The molecule has 2 aromatic heterocycles. The predicted octanol–water partition coefficient (Wildman–Crippen LogP) is 0.646. The zero-order valence-electron chi connectivity index (χ0n) is 16.4. The van der Waals surface area contributed by atoms with Crippen molar-refractivity contribution in [2.45, 2.75) is 6.92 Å². The summed E-state index contributed by atoms with van der Waals surface area (Å²) in [4.78, 5) is 24.8. The maximum absolute atomic E-state index is 5.40. The van der Waals surface area contributed by atoms with Gasteiger partial charge in [0.15, 0.2) is 0 Å². The zero-order valence-corrected chi connectivity index (χ0v) is 16.4. The molecule has 9 nitrogen and oxygen atoms in total. The quantitative estimate of drug-likeness (QED) is 0.772. The molecule has 9 heteroatoms. The second-order valence-electron chi connectivity index (χ2n) is 7.06. The first-order valence-corrected chi connectivity index (χ1v) is 9.94. The van der Waals surface area contributed by atoms with E-state index < -0.39 is 0 Å². The van der Waals surface area contributed by atoms with Gasteiger partial charge in [-0.25, -0.2) is 19.9 Å². The highest BCUT2D eigenvalue weighted by Crippen LogP contribution is 2.19. The van der Waals surface area contributed by atoms with Gasteiger partial charge in [-0.2, -0.15) is 0 Å². The van der Waals surface area contributed by atoms with E-state index >= 15 is 0 Å². The number of anilines is 3. The van der Waals surface area contributed by atoms with E-state index in [1.165, 1.54) is 0 Å². The van der Waals surface area contributed by atoms with Crippen molar-refractivity contribution in [2.75, 3.05) is 80.7 Å². The molecule has 2 aliphatic rings. The summed E-state index contributed by atoms with van der Waals surface area (Å²) in [5.41, 5.74) is 0. The molecule has 0 bridgehead atoms. The summed E-state index contributed by atoms with van der Waals surface area (Å²) in [6.07, 6.45) is 3.58. The summed E-state index contributed by atoms with van der Waals surface area (Å²) >= 11 is 0. The van der Waals surface area contributed by atoms with Gasteiger partial charge in [-0.3, -0.25) is 4.90 Å². The number of aryl methyl sites for hydroxylation is 1. The van der Waals surface area contributed by atoms with Crippen LogP contribution in [-0.4, -0.2) is 90.4 Å². The zero-order chi connectivity index (χ0) is 19.2. The Bertz CT molecular complexity index is 745. The van der Waals surface area contributed by atoms with Gasteiger partial charge < -0.3 is 19.9 Å². The highest BCUT2D eigenvalue weighted by molar-refractivity contribution is 5.50. The van der Waals surface area contributed by atoms with Crippen LogP contribution in [0.3, 0.4) is 0 Å². The number of ether oxygens (including phenoxy) is 1. The first-order valence-electron chi connectivity index (χ1n) is 9.94. The lowest BCUT2D eigenvalue weighted by molar-refractivity contribution is 0.0398. The van der Waals surface area contributed by atoms with E-state index in [1.54, 1.807) is 12.4 Å². The largest absolute Gasteiger partial charge is 0.379 e. The summed E-state index contributed by atoms with van der Waals surface area (Å²) in [7, 11) is 0. The molecular formula is C19H28N8O. The van der Waals surface area contributed by atoms with Crippen molar-refractivity contribution in [1.82, 2.24) is 24.8 Å². The van der Waals surface area contributed by atoms with Gasteiger partial charge in [0.25, 0.3) is 0 Å². The van der Waals surface area contributed by atoms with Gasteiger partial charge >= 0.3 is 0 Å². The van der Waals surface area contributed by atoms with Crippen LogP contribution >= 0.6 is 0 Å². The number of nitrogens with zero attached hydrogens (tertiary/aromatic N) is 7. The molecule has 2 aliphatic heterocycles. The third kappa shape index (κ3) is 4.85. The lowest BCUT2D eigenvalue weighted by atomic mass is 10.3. The number of morpholine rings is 1.